The maximum absolute atomic E-state index is 4.75. The van der Waals surface area contributed by atoms with Gasteiger partial charge in [0.1, 0.15) is 0 Å². The molecule has 0 aliphatic heterocycles. The van der Waals surface area contributed by atoms with Gasteiger partial charge in [0, 0.05) is 7.11 Å². The summed E-state index contributed by atoms with van der Waals surface area (Å²) in [7, 11) is 1.70. The molecule has 0 aromatic heterocycles. The van der Waals surface area contributed by atoms with Crippen LogP contribution in [0.4, 0.5) is 0 Å². The van der Waals surface area contributed by atoms with Gasteiger partial charge in [0.2, 0.25) is 0 Å². The normalized spacial score (nSPS) is 16.6. The molecule has 252 valence electrons. The summed E-state index contributed by atoms with van der Waals surface area (Å²) < 4.78 is 4.75. The third-order valence-electron chi connectivity index (χ3n) is 8.61. The maximum Gasteiger partial charge on any atom is 0.0515 e. The molecule has 2 unspecified atom stereocenters. The van der Waals surface area contributed by atoms with Crippen LogP contribution in [0.15, 0.2) is 73.4 Å². The molecule has 0 bridgehead atoms. The first kappa shape index (κ1) is 42.4. The lowest BCUT2D eigenvalue weighted by Crippen LogP contribution is -2.20. The lowest BCUT2D eigenvalue weighted by molar-refractivity contribution is 0.134. The van der Waals surface area contributed by atoms with Crippen LogP contribution in [0.1, 0.15) is 133 Å². The van der Waals surface area contributed by atoms with Gasteiger partial charge in [-0.2, -0.15) is 0 Å². The number of fused-ring (bicyclic) bond motifs is 1. The molecule has 4 rings (SSSR count). The Bertz CT molecular complexity index is 1210. The number of methoxy groups -OCH3 is 1. The van der Waals surface area contributed by atoms with E-state index in [9.17, 15) is 0 Å². The van der Waals surface area contributed by atoms with Crippen molar-refractivity contribution in [2.24, 2.45) is 11.8 Å². The third-order valence-corrected chi connectivity index (χ3v) is 8.61. The molecule has 0 saturated heterocycles. The molecular formula is C44H70O. The van der Waals surface area contributed by atoms with Gasteiger partial charge in [-0.1, -0.05) is 128 Å². The lowest BCUT2D eigenvalue weighted by atomic mass is 9.73. The predicted octanol–water partition coefficient (Wildman–Crippen LogP) is 13.2. The number of aryl methyl sites for hydroxylation is 3. The summed E-state index contributed by atoms with van der Waals surface area (Å²) >= 11 is 0. The Hall–Kier alpha value is -2.64. The van der Waals surface area contributed by atoms with Crippen molar-refractivity contribution in [3.63, 3.8) is 0 Å². The average Bonchev–Trinajstić information content (AvgIpc) is 3.35. The summed E-state index contributed by atoms with van der Waals surface area (Å²) in [5.41, 5.74) is 15.3. The Morgan fingerprint density at radius 2 is 1.51 bits per heavy atom. The van der Waals surface area contributed by atoms with E-state index in [-0.39, 0.29) is 0 Å². The lowest BCUT2D eigenvalue weighted by Gasteiger charge is -2.31. The van der Waals surface area contributed by atoms with E-state index in [0.717, 1.165) is 44.9 Å². The SMILES string of the molecule is C=C1CCC(C2Cc3ccc(CCC(=C)Cc4cc(C)c(C)c(CC)c4)cc3C2=C)C(=C)C1.CC.CC.CCC.COC(C)C. The van der Waals surface area contributed by atoms with Gasteiger partial charge in [0.25, 0.3) is 0 Å². The summed E-state index contributed by atoms with van der Waals surface area (Å²) in [6, 6.07) is 11.8. The van der Waals surface area contributed by atoms with E-state index in [2.05, 4.69) is 91.3 Å². The van der Waals surface area contributed by atoms with Crippen LogP contribution in [-0.2, 0) is 30.4 Å². The first-order valence-electron chi connectivity index (χ1n) is 17.9. The highest BCUT2D eigenvalue weighted by Crippen LogP contribution is 2.47. The van der Waals surface area contributed by atoms with Crippen LogP contribution < -0.4 is 0 Å². The first-order valence-corrected chi connectivity index (χ1v) is 17.9. The predicted molar refractivity (Wildman–Crippen MR) is 206 cm³/mol. The molecular weight excluding hydrogens is 544 g/mol. The zero-order valence-electron chi connectivity index (χ0n) is 31.7. The van der Waals surface area contributed by atoms with E-state index in [0.29, 0.717) is 17.9 Å². The van der Waals surface area contributed by atoms with Gasteiger partial charge in [0.15, 0.2) is 0 Å². The minimum Gasteiger partial charge on any atom is -0.382 e. The summed E-state index contributed by atoms with van der Waals surface area (Å²) in [4.78, 5) is 0. The molecule has 2 aliphatic rings. The number of ether oxygens (including phenoxy) is 1. The Morgan fingerprint density at radius 3 is 2.04 bits per heavy atom. The van der Waals surface area contributed by atoms with Gasteiger partial charge in [-0.05, 0) is 135 Å². The number of hydrogen-bond donors (Lipinski definition) is 0. The molecule has 1 heteroatoms. The van der Waals surface area contributed by atoms with Crippen molar-refractivity contribution < 1.29 is 4.74 Å². The average molecular weight is 615 g/mol. The zero-order valence-corrected chi connectivity index (χ0v) is 31.7. The van der Waals surface area contributed by atoms with Crippen LogP contribution in [0.3, 0.4) is 0 Å². The Kier molecular flexibility index (Phi) is 21.5. The zero-order chi connectivity index (χ0) is 34.7. The summed E-state index contributed by atoms with van der Waals surface area (Å²) in [6.45, 7) is 40.5. The molecule has 2 atom stereocenters. The second kappa shape index (κ2) is 22.8. The van der Waals surface area contributed by atoms with Gasteiger partial charge in [-0.3, -0.25) is 0 Å². The molecule has 1 fully saturated rings. The van der Waals surface area contributed by atoms with Crippen molar-refractivity contribution in [2.45, 2.75) is 140 Å². The molecule has 1 saturated carbocycles. The molecule has 2 aromatic carbocycles. The molecule has 2 aromatic rings. The standard InChI is InChI=1S/C33H40.C4H10O.C3H8.2C2H6/c1-8-29-18-28(17-23(4)25(29)6)16-22(3)9-11-27-12-13-30-20-33(26(7)32(30)19-27)31-14-10-21(2)15-24(31)5;1-4(2)5-3;1-3-2;2*1-2/h12-13,17-19,31,33H,2-3,5,7-11,14-16,20H2,1,4,6H3;4H,1-3H3;3H2,1-2H3;2*1-2H3. The van der Waals surface area contributed by atoms with E-state index in [1.165, 1.54) is 74.1 Å². The second-order valence-electron chi connectivity index (χ2n) is 12.5. The van der Waals surface area contributed by atoms with E-state index in [1.807, 2.05) is 41.5 Å². The number of hydrogen-bond acceptors (Lipinski definition) is 1. The molecule has 0 amide bonds. The second-order valence-corrected chi connectivity index (χ2v) is 12.5. The van der Waals surface area contributed by atoms with Crippen molar-refractivity contribution in [3.8, 4) is 0 Å². The smallest absolute Gasteiger partial charge is 0.0515 e. The van der Waals surface area contributed by atoms with Gasteiger partial charge >= 0.3 is 0 Å². The van der Waals surface area contributed by atoms with E-state index >= 15 is 0 Å². The molecule has 0 radical (unpaired) electrons. The molecule has 0 spiro atoms. The van der Waals surface area contributed by atoms with Crippen LogP contribution in [0.5, 0.6) is 0 Å². The molecule has 0 heterocycles. The topological polar surface area (TPSA) is 9.23 Å². The minimum atomic E-state index is 0.384. The number of rotatable bonds is 8. The molecule has 1 nitrogen and oxygen atoms in total. The first-order chi connectivity index (χ1) is 21.4. The van der Waals surface area contributed by atoms with Crippen LogP contribution in [-0.4, -0.2) is 13.2 Å². The molecule has 0 N–H and O–H groups in total. The Balaban J connectivity index is 0.00000141. The van der Waals surface area contributed by atoms with Crippen LogP contribution in [0, 0.1) is 25.7 Å². The van der Waals surface area contributed by atoms with Crippen molar-refractivity contribution in [1.82, 2.24) is 0 Å². The quantitative estimate of drug-likeness (QED) is 0.269. The van der Waals surface area contributed by atoms with Gasteiger partial charge in [0.05, 0.1) is 6.10 Å². The van der Waals surface area contributed by atoms with Crippen LogP contribution in [0.25, 0.3) is 5.57 Å². The van der Waals surface area contributed by atoms with Gasteiger partial charge in [-0.15, -0.1) is 0 Å². The highest BCUT2D eigenvalue weighted by Gasteiger charge is 2.34. The maximum atomic E-state index is 4.75. The fraction of sp³-hybridized carbons (Fsp3) is 0.545. The molecule has 45 heavy (non-hydrogen) atoms. The van der Waals surface area contributed by atoms with Crippen LogP contribution in [0.2, 0.25) is 0 Å². The van der Waals surface area contributed by atoms with Gasteiger partial charge in [-0.25, -0.2) is 0 Å². The van der Waals surface area contributed by atoms with Crippen molar-refractivity contribution >= 4 is 5.57 Å². The number of benzene rings is 2. The van der Waals surface area contributed by atoms with E-state index in [1.54, 1.807) is 7.11 Å². The minimum absolute atomic E-state index is 0.384. The largest absolute Gasteiger partial charge is 0.382 e. The van der Waals surface area contributed by atoms with Crippen molar-refractivity contribution in [3.05, 3.63) is 112 Å². The van der Waals surface area contributed by atoms with Crippen LogP contribution >= 0.6 is 0 Å². The van der Waals surface area contributed by atoms with E-state index < -0.39 is 0 Å². The Morgan fingerprint density at radius 1 is 0.911 bits per heavy atom. The monoisotopic (exact) mass is 615 g/mol. The summed E-state index contributed by atoms with van der Waals surface area (Å²) in [5, 5.41) is 0. The Labute approximate surface area is 281 Å². The molecule has 2 aliphatic carbocycles. The van der Waals surface area contributed by atoms with Gasteiger partial charge < -0.3 is 4.74 Å². The third kappa shape index (κ3) is 13.7. The van der Waals surface area contributed by atoms with Crippen molar-refractivity contribution in [2.75, 3.05) is 7.11 Å². The van der Waals surface area contributed by atoms with Crippen molar-refractivity contribution in [1.29, 1.82) is 0 Å². The summed E-state index contributed by atoms with van der Waals surface area (Å²) in [6.07, 6.45) is 10.2. The number of allylic oxidation sites excluding steroid dienone is 4. The fourth-order valence-corrected chi connectivity index (χ4v) is 5.97. The van der Waals surface area contributed by atoms with E-state index in [4.69, 9.17) is 4.74 Å². The highest BCUT2D eigenvalue weighted by molar-refractivity contribution is 5.74. The summed E-state index contributed by atoms with van der Waals surface area (Å²) in [5.74, 6) is 1.08. The highest BCUT2D eigenvalue weighted by atomic mass is 16.5. The fourth-order valence-electron chi connectivity index (χ4n) is 5.97.